The van der Waals surface area contributed by atoms with E-state index in [9.17, 15) is 14.7 Å². The third-order valence-electron chi connectivity index (χ3n) is 1.87. The Bertz CT molecular complexity index is 440. The normalized spacial score (nSPS) is 9.22. The monoisotopic (exact) mass is 386 g/mol. The largest absolute Gasteiger partial charge is 1.00 e. The van der Waals surface area contributed by atoms with Gasteiger partial charge in [-0.15, -0.1) is 0 Å². The van der Waals surface area contributed by atoms with E-state index in [0.29, 0.717) is 11.3 Å². The molecule has 0 aliphatic rings. The van der Waals surface area contributed by atoms with E-state index in [1.807, 2.05) is 0 Å². The smallest absolute Gasteiger partial charge is 0.871 e. The first-order chi connectivity index (χ1) is 8.02. The van der Waals surface area contributed by atoms with Gasteiger partial charge in [0.25, 0.3) is 0 Å². The van der Waals surface area contributed by atoms with E-state index in [1.165, 1.54) is 19.1 Å². The summed E-state index contributed by atoms with van der Waals surface area (Å²) >= 11 is 1.11. The Labute approximate surface area is 169 Å². The minimum atomic E-state index is -0.304. The van der Waals surface area contributed by atoms with Crippen molar-refractivity contribution in [1.82, 2.24) is 4.72 Å². The molecule has 5 nitrogen and oxygen atoms in total. The molecule has 1 aromatic carbocycles. The minimum Gasteiger partial charge on any atom is -0.871 e. The SMILES string of the molecule is CCC(=O)NSc1ccc([O-])c(NC(C)=O)c1.[Cs+]. The van der Waals surface area contributed by atoms with Crippen molar-refractivity contribution < 1.29 is 83.6 Å². The zero-order valence-corrected chi connectivity index (χ0v) is 17.7. The molecule has 0 unspecified atom stereocenters. The zero-order valence-electron chi connectivity index (χ0n) is 10.6. The van der Waals surface area contributed by atoms with Crippen LogP contribution in [0.4, 0.5) is 5.69 Å². The quantitative estimate of drug-likeness (QED) is 0.602. The van der Waals surface area contributed by atoms with Crippen LogP contribution >= 0.6 is 11.9 Å². The summed E-state index contributed by atoms with van der Waals surface area (Å²) in [5.41, 5.74) is 0.216. The van der Waals surface area contributed by atoms with Crippen LogP contribution in [-0.2, 0) is 9.59 Å². The third-order valence-corrected chi connectivity index (χ3v) is 2.68. The van der Waals surface area contributed by atoms with Gasteiger partial charge in [0.05, 0.1) is 0 Å². The van der Waals surface area contributed by atoms with Gasteiger partial charge in [0.15, 0.2) is 0 Å². The zero-order chi connectivity index (χ0) is 12.8. The molecule has 0 saturated heterocycles. The van der Waals surface area contributed by atoms with Crippen LogP contribution in [0.2, 0.25) is 0 Å². The number of carbonyl (C=O) groups excluding carboxylic acids is 2. The first-order valence-corrected chi connectivity index (χ1v) is 5.89. The van der Waals surface area contributed by atoms with Crippen LogP contribution in [0.1, 0.15) is 20.3 Å². The number of carbonyl (C=O) groups is 2. The average Bonchev–Trinajstić information content (AvgIpc) is 2.29. The Kier molecular flexibility index (Phi) is 9.48. The van der Waals surface area contributed by atoms with Crippen LogP contribution < -0.4 is 84.0 Å². The van der Waals surface area contributed by atoms with Crippen molar-refractivity contribution in [3.05, 3.63) is 18.2 Å². The van der Waals surface area contributed by atoms with Crippen LogP contribution in [0.3, 0.4) is 0 Å². The molecule has 0 fully saturated rings. The molecule has 7 heteroatoms. The minimum absolute atomic E-state index is 0. The average molecular weight is 386 g/mol. The topological polar surface area (TPSA) is 81.3 Å². The van der Waals surface area contributed by atoms with Gasteiger partial charge >= 0.3 is 68.9 Å². The van der Waals surface area contributed by atoms with Gasteiger partial charge in [-0.05, 0) is 24.1 Å². The summed E-state index contributed by atoms with van der Waals surface area (Å²) in [4.78, 5) is 22.6. The molecule has 0 atom stereocenters. The van der Waals surface area contributed by atoms with Crippen molar-refractivity contribution in [1.29, 1.82) is 0 Å². The molecule has 0 spiro atoms. The molecular weight excluding hydrogens is 373 g/mol. The van der Waals surface area contributed by atoms with Gasteiger partial charge in [0, 0.05) is 23.9 Å². The van der Waals surface area contributed by atoms with Crippen molar-refractivity contribution in [2.75, 3.05) is 5.32 Å². The molecule has 1 rings (SSSR count). The van der Waals surface area contributed by atoms with Crippen LogP contribution in [-0.4, -0.2) is 11.8 Å². The number of benzene rings is 1. The summed E-state index contributed by atoms with van der Waals surface area (Å²) in [6.45, 7) is 3.08. The van der Waals surface area contributed by atoms with Gasteiger partial charge < -0.3 is 10.4 Å². The molecule has 2 N–H and O–H groups in total. The Morgan fingerprint density at radius 2 is 2.06 bits per heavy atom. The van der Waals surface area contributed by atoms with Crippen molar-refractivity contribution in [2.24, 2.45) is 0 Å². The van der Waals surface area contributed by atoms with Gasteiger partial charge in [-0.1, -0.05) is 18.7 Å². The number of nitrogens with one attached hydrogen (secondary N) is 2. The fraction of sp³-hybridized carbons (Fsp3) is 0.273. The number of rotatable bonds is 4. The molecule has 0 aliphatic carbocycles. The predicted octanol–water partition coefficient (Wildman–Crippen LogP) is -1.74. The van der Waals surface area contributed by atoms with E-state index in [4.69, 9.17) is 0 Å². The Hall–Kier alpha value is 0.362. The van der Waals surface area contributed by atoms with E-state index >= 15 is 0 Å². The number of hydrogen-bond acceptors (Lipinski definition) is 4. The van der Waals surface area contributed by atoms with Gasteiger partial charge in [-0.25, -0.2) is 0 Å². The molecule has 0 aliphatic heterocycles. The van der Waals surface area contributed by atoms with E-state index in [0.717, 1.165) is 11.9 Å². The second-order valence-electron chi connectivity index (χ2n) is 3.32. The Balaban J connectivity index is 0.00000289. The van der Waals surface area contributed by atoms with Crippen LogP contribution in [0, 0.1) is 0 Å². The van der Waals surface area contributed by atoms with Crippen LogP contribution in [0.5, 0.6) is 5.75 Å². The Morgan fingerprint density at radius 1 is 1.39 bits per heavy atom. The standard InChI is InChI=1S/C11H14N2O3S.Cs/c1-3-11(16)13-17-8-4-5-10(15)9(6-8)12-7(2)14;/h4-6,15H,3H2,1-2H3,(H,12,14)(H,13,16);/q;+1/p-1. The first kappa shape index (κ1) is 18.4. The second-order valence-corrected chi connectivity index (χ2v) is 4.20. The maximum Gasteiger partial charge on any atom is 1.00 e. The molecule has 92 valence electrons. The predicted molar refractivity (Wildman–Crippen MR) is 64.5 cm³/mol. The van der Waals surface area contributed by atoms with Gasteiger partial charge in [0.1, 0.15) is 0 Å². The fourth-order valence-electron chi connectivity index (χ4n) is 1.05. The molecule has 0 aromatic heterocycles. The molecule has 0 radical (unpaired) electrons. The maximum atomic E-state index is 11.4. The number of amides is 2. The molecule has 1 aromatic rings. The molecule has 2 amide bonds. The number of hydrogen-bond donors (Lipinski definition) is 2. The number of anilines is 1. The second kappa shape index (κ2) is 9.29. The van der Waals surface area contributed by atoms with Crippen molar-refractivity contribution in [2.45, 2.75) is 25.2 Å². The van der Waals surface area contributed by atoms with E-state index in [-0.39, 0.29) is 92.1 Å². The van der Waals surface area contributed by atoms with Gasteiger partial charge in [-0.2, -0.15) is 0 Å². The summed E-state index contributed by atoms with van der Waals surface area (Å²) in [5.74, 6) is -0.657. The first-order valence-electron chi connectivity index (χ1n) is 5.07. The van der Waals surface area contributed by atoms with Gasteiger partial charge in [0.2, 0.25) is 11.8 Å². The summed E-state index contributed by atoms with van der Waals surface area (Å²) in [6, 6.07) is 4.48. The Morgan fingerprint density at radius 3 is 2.61 bits per heavy atom. The maximum absolute atomic E-state index is 11.4. The summed E-state index contributed by atoms with van der Waals surface area (Å²) in [5, 5.41) is 13.8. The van der Waals surface area contributed by atoms with E-state index in [2.05, 4.69) is 10.0 Å². The van der Waals surface area contributed by atoms with Crippen molar-refractivity contribution in [3.63, 3.8) is 0 Å². The van der Waals surface area contributed by atoms with Crippen LogP contribution in [0.15, 0.2) is 23.1 Å². The molecule has 0 saturated carbocycles. The van der Waals surface area contributed by atoms with E-state index < -0.39 is 0 Å². The molecule has 0 bridgehead atoms. The molecular formula is C11H13CsN2O3S. The molecule has 0 heterocycles. The molecule has 18 heavy (non-hydrogen) atoms. The summed E-state index contributed by atoms with van der Waals surface area (Å²) < 4.78 is 2.61. The fourth-order valence-corrected chi connectivity index (χ4v) is 1.74. The third kappa shape index (κ3) is 6.51. The van der Waals surface area contributed by atoms with Crippen molar-refractivity contribution in [3.8, 4) is 5.75 Å². The van der Waals surface area contributed by atoms with Crippen molar-refractivity contribution >= 4 is 29.4 Å². The van der Waals surface area contributed by atoms with E-state index in [1.54, 1.807) is 13.0 Å². The summed E-state index contributed by atoms with van der Waals surface area (Å²) in [6.07, 6.45) is 0.394. The van der Waals surface area contributed by atoms with Gasteiger partial charge in [-0.3, -0.25) is 14.3 Å². The van der Waals surface area contributed by atoms with Crippen LogP contribution in [0.25, 0.3) is 0 Å². The summed E-state index contributed by atoms with van der Waals surface area (Å²) in [7, 11) is 0.